The van der Waals surface area contributed by atoms with Gasteiger partial charge in [0.05, 0.1) is 5.54 Å². The zero-order valence-electron chi connectivity index (χ0n) is 14.2. The van der Waals surface area contributed by atoms with Gasteiger partial charge in [-0.3, -0.25) is 9.59 Å². The molecule has 1 aliphatic heterocycles. The number of hydrogen-bond acceptors (Lipinski definition) is 3. The van der Waals surface area contributed by atoms with E-state index >= 15 is 0 Å². The Balaban J connectivity index is 1.94. The molecule has 5 nitrogen and oxygen atoms in total. The monoisotopic (exact) mass is 317 g/mol. The predicted molar refractivity (Wildman–Crippen MR) is 93.4 cm³/mol. The third-order valence-electron chi connectivity index (χ3n) is 4.30. The van der Waals surface area contributed by atoms with Crippen LogP contribution in [-0.4, -0.2) is 23.9 Å². The number of carbonyl (C=O) groups excluding carboxylic acids is 2. The van der Waals surface area contributed by atoms with E-state index in [9.17, 15) is 9.59 Å². The Morgan fingerprint density at radius 3 is 2.26 bits per heavy atom. The molecule has 0 aromatic heterocycles. The molecular weight excluding hydrogens is 290 g/mol. The first-order valence-electron chi connectivity index (χ1n) is 8.41. The maximum atomic E-state index is 12.5. The molecule has 0 radical (unpaired) electrons. The normalized spacial score (nSPS) is 20.5. The Kier molecular flexibility index (Phi) is 5.77. The van der Waals surface area contributed by atoms with Gasteiger partial charge in [-0.15, -0.1) is 0 Å². The van der Waals surface area contributed by atoms with Gasteiger partial charge in [-0.25, -0.2) is 0 Å². The van der Waals surface area contributed by atoms with Crippen LogP contribution in [0.15, 0.2) is 24.3 Å². The average molecular weight is 317 g/mol. The van der Waals surface area contributed by atoms with Gasteiger partial charge in [0, 0.05) is 17.8 Å². The second-order valence-corrected chi connectivity index (χ2v) is 6.64. The highest BCUT2D eigenvalue weighted by atomic mass is 16.2. The van der Waals surface area contributed by atoms with Gasteiger partial charge in [0.25, 0.3) is 0 Å². The first kappa shape index (κ1) is 17.5. The van der Waals surface area contributed by atoms with Crippen LogP contribution in [0.2, 0.25) is 0 Å². The van der Waals surface area contributed by atoms with Crippen molar-refractivity contribution in [2.24, 2.45) is 5.92 Å². The SMILES string of the molecule is CCC1(C(=O)Nc2ccc(NC(=O)CC(C)C)cc2)CCCN1. The summed E-state index contributed by atoms with van der Waals surface area (Å²) in [6.45, 7) is 6.95. The predicted octanol–water partition coefficient (Wildman–Crippen LogP) is 3.14. The Morgan fingerprint density at radius 1 is 1.17 bits per heavy atom. The fourth-order valence-corrected chi connectivity index (χ4v) is 2.93. The number of amides is 2. The van der Waals surface area contributed by atoms with Crippen LogP contribution < -0.4 is 16.0 Å². The zero-order valence-corrected chi connectivity index (χ0v) is 14.2. The van der Waals surface area contributed by atoms with E-state index < -0.39 is 5.54 Å². The summed E-state index contributed by atoms with van der Waals surface area (Å²) in [7, 11) is 0. The van der Waals surface area contributed by atoms with Crippen molar-refractivity contribution < 1.29 is 9.59 Å². The van der Waals surface area contributed by atoms with E-state index in [1.807, 2.05) is 45.0 Å². The Hall–Kier alpha value is -1.88. The molecule has 1 aromatic carbocycles. The first-order valence-corrected chi connectivity index (χ1v) is 8.41. The van der Waals surface area contributed by atoms with Crippen LogP contribution in [-0.2, 0) is 9.59 Å². The van der Waals surface area contributed by atoms with Crippen LogP contribution in [0.4, 0.5) is 11.4 Å². The molecule has 2 amide bonds. The third-order valence-corrected chi connectivity index (χ3v) is 4.30. The van der Waals surface area contributed by atoms with Crippen molar-refractivity contribution in [3.63, 3.8) is 0 Å². The number of rotatable bonds is 6. The number of anilines is 2. The molecule has 0 saturated carbocycles. The van der Waals surface area contributed by atoms with Gasteiger partial charge >= 0.3 is 0 Å². The lowest BCUT2D eigenvalue weighted by molar-refractivity contribution is -0.122. The molecule has 23 heavy (non-hydrogen) atoms. The molecule has 126 valence electrons. The fraction of sp³-hybridized carbons (Fsp3) is 0.556. The molecule has 3 N–H and O–H groups in total. The van der Waals surface area contributed by atoms with Crippen LogP contribution >= 0.6 is 0 Å². The maximum absolute atomic E-state index is 12.5. The van der Waals surface area contributed by atoms with Crippen LogP contribution in [0, 0.1) is 5.92 Å². The second kappa shape index (κ2) is 7.59. The number of hydrogen-bond donors (Lipinski definition) is 3. The molecule has 1 saturated heterocycles. The van der Waals surface area contributed by atoms with Crippen LogP contribution in [0.1, 0.15) is 46.5 Å². The van der Waals surface area contributed by atoms with E-state index in [0.717, 1.165) is 37.2 Å². The summed E-state index contributed by atoms with van der Waals surface area (Å²) >= 11 is 0. The minimum absolute atomic E-state index is 0.0110. The lowest BCUT2D eigenvalue weighted by Gasteiger charge is -2.26. The van der Waals surface area contributed by atoms with Crippen molar-refractivity contribution in [2.75, 3.05) is 17.2 Å². The van der Waals surface area contributed by atoms with E-state index in [1.54, 1.807) is 0 Å². The summed E-state index contributed by atoms with van der Waals surface area (Å²) < 4.78 is 0. The standard InChI is InChI=1S/C18H27N3O2/c1-4-18(10-5-11-19-18)17(23)21-15-8-6-14(7-9-15)20-16(22)12-13(2)3/h6-9,13,19H,4-5,10-12H2,1-3H3,(H,20,22)(H,21,23). The van der Waals surface area contributed by atoms with Crippen molar-refractivity contribution >= 4 is 23.2 Å². The molecule has 1 unspecified atom stereocenters. The average Bonchev–Trinajstić information content (AvgIpc) is 2.98. The molecule has 1 fully saturated rings. The summed E-state index contributed by atoms with van der Waals surface area (Å²) in [6, 6.07) is 7.27. The van der Waals surface area contributed by atoms with Crippen molar-refractivity contribution in [3.8, 4) is 0 Å². The molecule has 1 heterocycles. The highest BCUT2D eigenvalue weighted by molar-refractivity contribution is 5.98. The molecule has 1 aliphatic rings. The van der Waals surface area contributed by atoms with E-state index in [0.29, 0.717) is 12.3 Å². The first-order chi connectivity index (χ1) is 10.9. The van der Waals surface area contributed by atoms with Crippen LogP contribution in [0.25, 0.3) is 0 Å². The van der Waals surface area contributed by atoms with Crippen molar-refractivity contribution in [1.29, 1.82) is 0 Å². The minimum Gasteiger partial charge on any atom is -0.326 e. The Bertz CT molecular complexity index is 546. The van der Waals surface area contributed by atoms with E-state index in [1.165, 1.54) is 0 Å². The molecule has 0 bridgehead atoms. The van der Waals surface area contributed by atoms with Gasteiger partial charge < -0.3 is 16.0 Å². The summed E-state index contributed by atoms with van der Waals surface area (Å²) in [5.41, 5.74) is 1.06. The Morgan fingerprint density at radius 2 is 1.78 bits per heavy atom. The summed E-state index contributed by atoms with van der Waals surface area (Å²) in [4.78, 5) is 24.3. The largest absolute Gasteiger partial charge is 0.326 e. The molecule has 1 aromatic rings. The second-order valence-electron chi connectivity index (χ2n) is 6.64. The Labute approximate surface area is 138 Å². The number of benzene rings is 1. The van der Waals surface area contributed by atoms with Gasteiger partial charge in [-0.1, -0.05) is 20.8 Å². The van der Waals surface area contributed by atoms with Crippen molar-refractivity contribution in [3.05, 3.63) is 24.3 Å². The quantitative estimate of drug-likeness (QED) is 0.755. The number of nitrogens with one attached hydrogen (secondary N) is 3. The van der Waals surface area contributed by atoms with Crippen molar-refractivity contribution in [2.45, 2.75) is 52.0 Å². The smallest absolute Gasteiger partial charge is 0.244 e. The van der Waals surface area contributed by atoms with Gasteiger partial charge in [0.2, 0.25) is 11.8 Å². The molecule has 0 spiro atoms. The van der Waals surface area contributed by atoms with Gasteiger partial charge in [-0.05, 0) is 56.0 Å². The third kappa shape index (κ3) is 4.55. The highest BCUT2D eigenvalue weighted by Gasteiger charge is 2.38. The topological polar surface area (TPSA) is 70.2 Å². The molecule has 5 heteroatoms. The summed E-state index contributed by atoms with van der Waals surface area (Å²) in [5.74, 6) is 0.365. The zero-order chi connectivity index (χ0) is 16.9. The minimum atomic E-state index is -0.440. The van der Waals surface area contributed by atoms with Crippen molar-refractivity contribution in [1.82, 2.24) is 5.32 Å². The number of carbonyl (C=O) groups is 2. The fourth-order valence-electron chi connectivity index (χ4n) is 2.93. The van der Waals surface area contributed by atoms with Crippen LogP contribution in [0.3, 0.4) is 0 Å². The molecule has 0 aliphatic carbocycles. The van der Waals surface area contributed by atoms with Gasteiger partial charge in [0.1, 0.15) is 0 Å². The van der Waals surface area contributed by atoms with Gasteiger partial charge in [0.15, 0.2) is 0 Å². The van der Waals surface area contributed by atoms with Gasteiger partial charge in [-0.2, -0.15) is 0 Å². The van der Waals surface area contributed by atoms with E-state index in [2.05, 4.69) is 16.0 Å². The lowest BCUT2D eigenvalue weighted by Crippen LogP contribution is -2.50. The molecular formula is C18H27N3O2. The molecule has 1 atom stereocenters. The van der Waals surface area contributed by atoms with E-state index in [-0.39, 0.29) is 11.8 Å². The lowest BCUT2D eigenvalue weighted by atomic mass is 9.93. The summed E-state index contributed by atoms with van der Waals surface area (Å²) in [5, 5.41) is 9.16. The summed E-state index contributed by atoms with van der Waals surface area (Å²) in [6.07, 6.45) is 3.19. The van der Waals surface area contributed by atoms with Crippen LogP contribution in [0.5, 0.6) is 0 Å². The molecule has 2 rings (SSSR count). The maximum Gasteiger partial charge on any atom is 0.244 e. The van der Waals surface area contributed by atoms with E-state index in [4.69, 9.17) is 0 Å². The highest BCUT2D eigenvalue weighted by Crippen LogP contribution is 2.25.